The maximum atomic E-state index is 14.0. The number of methoxy groups -OCH3 is 1. The van der Waals surface area contributed by atoms with Gasteiger partial charge in [0.2, 0.25) is 0 Å². The second kappa shape index (κ2) is 7.74. The SMILES string of the molecule is CCC1CN2CCc3c(n(S(=O)(=O)c4ccc(C)cc4)c4cccc(OC)c34)C2CC1=O. The first-order valence-corrected chi connectivity index (χ1v) is 12.6. The van der Waals surface area contributed by atoms with Crippen molar-refractivity contribution < 1.29 is 17.9 Å². The van der Waals surface area contributed by atoms with Crippen molar-refractivity contribution in [3.8, 4) is 5.75 Å². The third-order valence-electron chi connectivity index (χ3n) is 7.03. The van der Waals surface area contributed by atoms with Crippen LogP contribution in [0.2, 0.25) is 0 Å². The summed E-state index contributed by atoms with van der Waals surface area (Å²) in [7, 11) is -2.26. The molecule has 2 atom stereocenters. The molecule has 1 saturated heterocycles. The summed E-state index contributed by atoms with van der Waals surface area (Å²) in [5.41, 5.74) is 3.32. The highest BCUT2D eigenvalue weighted by Crippen LogP contribution is 2.45. The molecule has 0 spiro atoms. The Morgan fingerprint density at radius 2 is 1.88 bits per heavy atom. The average Bonchev–Trinajstić information content (AvgIpc) is 3.14. The molecular formula is C25H28N2O4S. The molecule has 2 unspecified atom stereocenters. The number of benzene rings is 2. The van der Waals surface area contributed by atoms with Crippen LogP contribution in [0.1, 0.15) is 42.6 Å². The Hall–Kier alpha value is -2.64. The highest BCUT2D eigenvalue weighted by Gasteiger charge is 2.42. The van der Waals surface area contributed by atoms with Crippen molar-refractivity contribution in [2.45, 2.75) is 44.0 Å². The van der Waals surface area contributed by atoms with Crippen LogP contribution in [0.5, 0.6) is 5.75 Å². The second-order valence-electron chi connectivity index (χ2n) is 8.84. The van der Waals surface area contributed by atoms with E-state index in [9.17, 15) is 13.2 Å². The molecule has 168 valence electrons. The van der Waals surface area contributed by atoms with Crippen molar-refractivity contribution in [3.05, 3.63) is 59.3 Å². The lowest BCUT2D eigenvalue weighted by Gasteiger charge is -2.42. The van der Waals surface area contributed by atoms with Gasteiger partial charge in [-0.2, -0.15) is 0 Å². The fourth-order valence-corrected chi connectivity index (χ4v) is 6.93. The van der Waals surface area contributed by atoms with E-state index in [1.54, 1.807) is 19.2 Å². The van der Waals surface area contributed by atoms with E-state index in [4.69, 9.17) is 4.74 Å². The van der Waals surface area contributed by atoms with Crippen LogP contribution in [0, 0.1) is 12.8 Å². The van der Waals surface area contributed by atoms with E-state index in [0.29, 0.717) is 24.2 Å². The Balaban J connectivity index is 1.80. The number of carbonyl (C=O) groups excluding carboxylic acids is 1. The van der Waals surface area contributed by atoms with E-state index in [0.717, 1.165) is 41.6 Å². The van der Waals surface area contributed by atoms with Gasteiger partial charge >= 0.3 is 0 Å². The van der Waals surface area contributed by atoms with Gasteiger partial charge in [-0.1, -0.05) is 30.7 Å². The molecule has 0 amide bonds. The van der Waals surface area contributed by atoms with Gasteiger partial charge in [-0.15, -0.1) is 0 Å². The van der Waals surface area contributed by atoms with Crippen molar-refractivity contribution in [1.82, 2.24) is 8.87 Å². The molecule has 0 radical (unpaired) electrons. The van der Waals surface area contributed by atoms with E-state index < -0.39 is 10.0 Å². The third kappa shape index (κ3) is 3.10. The molecule has 5 rings (SSSR count). The first-order chi connectivity index (χ1) is 15.4. The monoisotopic (exact) mass is 452 g/mol. The number of ether oxygens (including phenoxy) is 1. The van der Waals surface area contributed by atoms with Gasteiger partial charge in [0.25, 0.3) is 10.0 Å². The Kier molecular flexibility index (Phi) is 5.13. The zero-order chi connectivity index (χ0) is 22.6. The molecule has 2 aromatic carbocycles. The van der Waals surface area contributed by atoms with Gasteiger partial charge < -0.3 is 4.74 Å². The van der Waals surface area contributed by atoms with Gasteiger partial charge in [0.15, 0.2) is 0 Å². The number of aromatic nitrogens is 1. The Labute approximate surface area is 188 Å². The summed E-state index contributed by atoms with van der Waals surface area (Å²) in [6.07, 6.45) is 1.88. The number of Topliss-reactive ketones (excluding diaryl/α,β-unsaturated/α-hetero) is 1. The summed E-state index contributed by atoms with van der Waals surface area (Å²) >= 11 is 0. The normalized spacial score (nSPS) is 21.4. The Morgan fingerprint density at radius 1 is 1.12 bits per heavy atom. The number of nitrogens with zero attached hydrogens (tertiary/aromatic N) is 2. The molecular weight excluding hydrogens is 424 g/mol. The van der Waals surface area contributed by atoms with Crippen LogP contribution in [0.4, 0.5) is 0 Å². The molecule has 1 fully saturated rings. The average molecular weight is 453 g/mol. The zero-order valence-corrected chi connectivity index (χ0v) is 19.5. The first kappa shape index (κ1) is 21.2. The number of hydrogen-bond donors (Lipinski definition) is 0. The molecule has 3 aromatic rings. The van der Waals surface area contributed by atoms with Gasteiger partial charge in [-0.3, -0.25) is 9.69 Å². The minimum absolute atomic E-state index is 0.0221. The topological polar surface area (TPSA) is 68.6 Å². The maximum Gasteiger partial charge on any atom is 0.268 e. The van der Waals surface area contributed by atoms with Crippen LogP contribution in [0.25, 0.3) is 10.9 Å². The molecule has 2 aliphatic rings. The summed E-state index contributed by atoms with van der Waals surface area (Å²) in [6.45, 7) is 5.47. The van der Waals surface area contributed by atoms with E-state index in [1.807, 2.05) is 44.2 Å². The van der Waals surface area contributed by atoms with Crippen molar-refractivity contribution >= 4 is 26.7 Å². The molecule has 3 heterocycles. The molecule has 1 aromatic heterocycles. The standard InChI is InChI=1S/C25H28N2O4S/c1-4-17-15-26-13-12-19-24-20(6-5-7-23(24)31-3)27(25(19)21(26)14-22(17)28)32(29,30)18-10-8-16(2)9-11-18/h5-11,17,21H,4,12-15H2,1-3H3. The number of ketones is 1. The van der Waals surface area contributed by atoms with Crippen molar-refractivity contribution in [2.75, 3.05) is 20.2 Å². The molecule has 0 saturated carbocycles. The minimum Gasteiger partial charge on any atom is -0.496 e. The van der Waals surface area contributed by atoms with Crippen LogP contribution in [-0.2, 0) is 21.2 Å². The highest BCUT2D eigenvalue weighted by molar-refractivity contribution is 7.90. The summed E-state index contributed by atoms with van der Waals surface area (Å²) in [4.78, 5) is 15.4. The lowest BCUT2D eigenvalue weighted by molar-refractivity contribution is -0.129. The van der Waals surface area contributed by atoms with E-state index in [2.05, 4.69) is 4.90 Å². The lowest BCUT2D eigenvalue weighted by atomic mass is 9.84. The number of rotatable bonds is 4. The number of aryl methyl sites for hydroxylation is 1. The van der Waals surface area contributed by atoms with Crippen LogP contribution in [0.15, 0.2) is 47.4 Å². The van der Waals surface area contributed by atoms with Gasteiger partial charge in [0.1, 0.15) is 11.5 Å². The minimum atomic E-state index is -3.87. The predicted octanol–water partition coefficient (Wildman–Crippen LogP) is 4.09. The summed E-state index contributed by atoms with van der Waals surface area (Å²) in [5, 5.41) is 0.838. The fourth-order valence-electron chi connectivity index (χ4n) is 5.33. The van der Waals surface area contributed by atoms with Crippen LogP contribution in [0.3, 0.4) is 0 Å². The molecule has 32 heavy (non-hydrogen) atoms. The van der Waals surface area contributed by atoms with Crippen molar-refractivity contribution in [1.29, 1.82) is 0 Å². The third-order valence-corrected chi connectivity index (χ3v) is 8.78. The smallest absolute Gasteiger partial charge is 0.268 e. The van der Waals surface area contributed by atoms with Crippen LogP contribution in [-0.4, -0.2) is 43.3 Å². The largest absolute Gasteiger partial charge is 0.496 e. The quantitative estimate of drug-likeness (QED) is 0.596. The first-order valence-electron chi connectivity index (χ1n) is 11.2. The Morgan fingerprint density at radius 3 is 2.56 bits per heavy atom. The maximum absolute atomic E-state index is 14.0. The fraction of sp³-hybridized carbons (Fsp3) is 0.400. The summed E-state index contributed by atoms with van der Waals surface area (Å²) < 4.78 is 35.1. The van der Waals surface area contributed by atoms with Crippen molar-refractivity contribution in [3.63, 3.8) is 0 Å². The second-order valence-corrected chi connectivity index (χ2v) is 10.6. The lowest BCUT2D eigenvalue weighted by Crippen LogP contribution is -2.47. The summed E-state index contributed by atoms with van der Waals surface area (Å²) in [6, 6.07) is 12.2. The van der Waals surface area contributed by atoms with Crippen LogP contribution >= 0.6 is 0 Å². The molecule has 2 aliphatic heterocycles. The van der Waals surface area contributed by atoms with E-state index in [-0.39, 0.29) is 22.6 Å². The van der Waals surface area contributed by atoms with Gasteiger partial charge in [0, 0.05) is 30.8 Å². The summed E-state index contributed by atoms with van der Waals surface area (Å²) in [5.74, 6) is 0.908. The highest BCUT2D eigenvalue weighted by atomic mass is 32.2. The van der Waals surface area contributed by atoms with Crippen LogP contribution < -0.4 is 4.74 Å². The predicted molar refractivity (Wildman–Crippen MR) is 124 cm³/mol. The molecule has 0 bridgehead atoms. The van der Waals surface area contributed by atoms with Gasteiger partial charge in [-0.25, -0.2) is 12.4 Å². The molecule has 0 aliphatic carbocycles. The number of carbonyl (C=O) groups is 1. The molecule has 6 nitrogen and oxygen atoms in total. The molecule has 7 heteroatoms. The van der Waals surface area contributed by atoms with E-state index >= 15 is 0 Å². The number of piperidine rings is 1. The zero-order valence-electron chi connectivity index (χ0n) is 18.7. The number of fused-ring (bicyclic) bond motifs is 5. The van der Waals surface area contributed by atoms with Gasteiger partial charge in [0.05, 0.1) is 29.3 Å². The van der Waals surface area contributed by atoms with E-state index in [1.165, 1.54) is 3.97 Å². The van der Waals surface area contributed by atoms with Crippen molar-refractivity contribution in [2.24, 2.45) is 5.92 Å². The Bertz CT molecular complexity index is 1310. The number of hydrogen-bond acceptors (Lipinski definition) is 5. The molecule has 0 N–H and O–H groups in total. The van der Waals surface area contributed by atoms with Gasteiger partial charge in [-0.05, 0) is 49.6 Å².